The van der Waals surface area contributed by atoms with Gasteiger partial charge in [-0.25, -0.2) is 4.98 Å². The van der Waals surface area contributed by atoms with Gasteiger partial charge in [0, 0.05) is 16.6 Å². The second-order valence-corrected chi connectivity index (χ2v) is 6.76. The third kappa shape index (κ3) is 3.95. The van der Waals surface area contributed by atoms with Gasteiger partial charge in [0.1, 0.15) is 5.75 Å². The Kier molecular flexibility index (Phi) is 5.16. The Bertz CT molecular complexity index is 776. The molecule has 1 N–H and O–H groups in total. The van der Waals surface area contributed by atoms with Crippen LogP contribution in [0, 0.1) is 0 Å². The van der Waals surface area contributed by atoms with E-state index in [1.807, 2.05) is 31.2 Å². The molecule has 0 fully saturated rings. The maximum absolute atomic E-state index is 5.46. The average Bonchev–Trinajstić information content (AvgIpc) is 3.05. The predicted octanol–water partition coefficient (Wildman–Crippen LogP) is 6.08. The Morgan fingerprint density at radius 3 is 2.38 bits per heavy atom. The third-order valence-corrected chi connectivity index (χ3v) is 4.55. The van der Waals surface area contributed by atoms with Crippen LogP contribution in [0.3, 0.4) is 0 Å². The third-order valence-electron chi connectivity index (χ3n) is 3.79. The zero-order valence-corrected chi connectivity index (χ0v) is 15.1. The molecule has 0 saturated heterocycles. The lowest BCUT2D eigenvalue weighted by Crippen LogP contribution is -1.93. The van der Waals surface area contributed by atoms with Gasteiger partial charge in [-0.1, -0.05) is 38.1 Å². The number of anilines is 2. The van der Waals surface area contributed by atoms with Crippen LogP contribution in [-0.4, -0.2) is 11.6 Å². The lowest BCUT2D eigenvalue weighted by atomic mass is 10.0. The van der Waals surface area contributed by atoms with Gasteiger partial charge in [-0.15, -0.1) is 11.3 Å². The van der Waals surface area contributed by atoms with Gasteiger partial charge in [-0.2, -0.15) is 0 Å². The van der Waals surface area contributed by atoms with Crippen molar-refractivity contribution in [2.45, 2.75) is 26.7 Å². The van der Waals surface area contributed by atoms with E-state index in [0.717, 1.165) is 27.8 Å². The van der Waals surface area contributed by atoms with Crippen molar-refractivity contribution in [2.24, 2.45) is 0 Å². The predicted molar refractivity (Wildman–Crippen MR) is 103 cm³/mol. The molecule has 0 unspecified atom stereocenters. The van der Waals surface area contributed by atoms with E-state index >= 15 is 0 Å². The van der Waals surface area contributed by atoms with Crippen molar-refractivity contribution in [2.75, 3.05) is 11.9 Å². The lowest BCUT2D eigenvalue weighted by molar-refractivity contribution is 0.340. The molecule has 0 aliphatic rings. The van der Waals surface area contributed by atoms with Gasteiger partial charge in [0.2, 0.25) is 0 Å². The SMILES string of the molecule is CCOc1ccc(Nc2nc(-c3ccc(C(C)C)cc3)cs2)cc1. The number of benzene rings is 2. The number of nitrogens with zero attached hydrogens (tertiary/aromatic N) is 1. The van der Waals surface area contributed by atoms with Gasteiger partial charge in [-0.05, 0) is 42.7 Å². The number of hydrogen-bond acceptors (Lipinski definition) is 4. The van der Waals surface area contributed by atoms with Gasteiger partial charge < -0.3 is 10.1 Å². The Morgan fingerprint density at radius 2 is 1.75 bits per heavy atom. The molecule has 124 valence electrons. The number of nitrogens with one attached hydrogen (secondary N) is 1. The van der Waals surface area contributed by atoms with E-state index in [0.29, 0.717) is 12.5 Å². The van der Waals surface area contributed by atoms with Gasteiger partial charge in [-0.3, -0.25) is 0 Å². The fraction of sp³-hybridized carbons (Fsp3) is 0.250. The normalized spacial score (nSPS) is 10.8. The highest BCUT2D eigenvalue weighted by molar-refractivity contribution is 7.14. The number of thiazole rings is 1. The Hall–Kier alpha value is -2.33. The first-order valence-corrected chi connectivity index (χ1v) is 9.09. The summed E-state index contributed by atoms with van der Waals surface area (Å²) in [4.78, 5) is 4.69. The average molecular weight is 338 g/mol. The van der Waals surface area contributed by atoms with Crippen LogP contribution in [-0.2, 0) is 0 Å². The van der Waals surface area contributed by atoms with E-state index in [1.54, 1.807) is 11.3 Å². The fourth-order valence-corrected chi connectivity index (χ4v) is 3.17. The van der Waals surface area contributed by atoms with Gasteiger partial charge >= 0.3 is 0 Å². The van der Waals surface area contributed by atoms with Crippen LogP contribution in [0.15, 0.2) is 53.9 Å². The van der Waals surface area contributed by atoms with Crippen LogP contribution >= 0.6 is 11.3 Å². The first kappa shape index (κ1) is 16.5. The summed E-state index contributed by atoms with van der Waals surface area (Å²) < 4.78 is 5.46. The van der Waals surface area contributed by atoms with E-state index in [4.69, 9.17) is 4.74 Å². The molecule has 0 spiro atoms. The van der Waals surface area contributed by atoms with Crippen LogP contribution in [0.4, 0.5) is 10.8 Å². The van der Waals surface area contributed by atoms with E-state index in [1.165, 1.54) is 5.56 Å². The van der Waals surface area contributed by atoms with Crippen molar-refractivity contribution in [1.82, 2.24) is 4.98 Å². The standard InChI is InChI=1S/C20H22N2OS/c1-4-23-18-11-9-17(10-12-18)21-20-22-19(13-24-20)16-7-5-15(6-8-16)14(2)3/h5-14H,4H2,1-3H3,(H,21,22). The van der Waals surface area contributed by atoms with Crippen LogP contribution < -0.4 is 10.1 Å². The quantitative estimate of drug-likeness (QED) is 0.592. The van der Waals surface area contributed by atoms with Crippen LogP contribution in [0.1, 0.15) is 32.3 Å². The number of rotatable bonds is 6. The van der Waals surface area contributed by atoms with Crippen molar-refractivity contribution in [1.29, 1.82) is 0 Å². The molecule has 0 saturated carbocycles. The molecule has 0 aliphatic heterocycles. The van der Waals surface area contributed by atoms with Crippen molar-refractivity contribution in [3.05, 3.63) is 59.5 Å². The molecular weight excluding hydrogens is 316 g/mol. The molecule has 0 radical (unpaired) electrons. The second kappa shape index (κ2) is 7.49. The minimum atomic E-state index is 0.548. The molecule has 1 aromatic heterocycles. The topological polar surface area (TPSA) is 34.1 Å². The first-order valence-electron chi connectivity index (χ1n) is 8.21. The van der Waals surface area contributed by atoms with E-state index < -0.39 is 0 Å². The fourth-order valence-electron chi connectivity index (χ4n) is 2.43. The van der Waals surface area contributed by atoms with E-state index in [2.05, 4.69) is 53.8 Å². The van der Waals surface area contributed by atoms with Crippen molar-refractivity contribution in [3.8, 4) is 17.0 Å². The highest BCUT2D eigenvalue weighted by Gasteiger charge is 2.06. The molecule has 0 aliphatic carbocycles. The summed E-state index contributed by atoms with van der Waals surface area (Å²) in [5.41, 5.74) is 4.51. The summed E-state index contributed by atoms with van der Waals surface area (Å²) in [6, 6.07) is 16.6. The summed E-state index contributed by atoms with van der Waals surface area (Å²) in [7, 11) is 0. The monoisotopic (exact) mass is 338 g/mol. The Morgan fingerprint density at radius 1 is 1.04 bits per heavy atom. The highest BCUT2D eigenvalue weighted by atomic mass is 32.1. The molecule has 3 nitrogen and oxygen atoms in total. The van der Waals surface area contributed by atoms with Gasteiger partial charge in [0.25, 0.3) is 0 Å². The Balaban J connectivity index is 1.70. The number of ether oxygens (including phenoxy) is 1. The van der Waals surface area contributed by atoms with Crippen LogP contribution in [0.2, 0.25) is 0 Å². The largest absolute Gasteiger partial charge is 0.494 e. The zero-order valence-electron chi connectivity index (χ0n) is 14.2. The molecule has 3 aromatic rings. The van der Waals surface area contributed by atoms with Crippen LogP contribution in [0.5, 0.6) is 5.75 Å². The smallest absolute Gasteiger partial charge is 0.187 e. The molecule has 0 bridgehead atoms. The van der Waals surface area contributed by atoms with Gasteiger partial charge in [0.05, 0.1) is 12.3 Å². The molecule has 0 amide bonds. The van der Waals surface area contributed by atoms with Crippen molar-refractivity contribution >= 4 is 22.2 Å². The highest BCUT2D eigenvalue weighted by Crippen LogP contribution is 2.28. The summed E-state index contributed by atoms with van der Waals surface area (Å²) in [5, 5.41) is 6.32. The summed E-state index contributed by atoms with van der Waals surface area (Å²) in [5.74, 6) is 1.43. The number of hydrogen-bond donors (Lipinski definition) is 1. The maximum atomic E-state index is 5.46. The zero-order chi connectivity index (χ0) is 16.9. The van der Waals surface area contributed by atoms with Crippen LogP contribution in [0.25, 0.3) is 11.3 Å². The molecule has 0 atom stereocenters. The van der Waals surface area contributed by atoms with Crippen molar-refractivity contribution < 1.29 is 4.74 Å². The minimum absolute atomic E-state index is 0.548. The molecule has 4 heteroatoms. The number of aromatic nitrogens is 1. The first-order chi connectivity index (χ1) is 11.7. The summed E-state index contributed by atoms with van der Waals surface area (Å²) in [6.45, 7) is 7.07. The van der Waals surface area contributed by atoms with E-state index in [-0.39, 0.29) is 0 Å². The molecule has 2 aromatic carbocycles. The second-order valence-electron chi connectivity index (χ2n) is 5.90. The van der Waals surface area contributed by atoms with Gasteiger partial charge in [0.15, 0.2) is 5.13 Å². The minimum Gasteiger partial charge on any atom is -0.494 e. The lowest BCUT2D eigenvalue weighted by Gasteiger charge is -2.06. The molecule has 24 heavy (non-hydrogen) atoms. The Labute approximate surface area is 147 Å². The summed E-state index contributed by atoms with van der Waals surface area (Å²) >= 11 is 1.61. The molecular formula is C20H22N2OS. The van der Waals surface area contributed by atoms with E-state index in [9.17, 15) is 0 Å². The maximum Gasteiger partial charge on any atom is 0.187 e. The molecule has 1 heterocycles. The summed E-state index contributed by atoms with van der Waals surface area (Å²) in [6.07, 6.45) is 0. The molecule has 3 rings (SSSR count). The van der Waals surface area contributed by atoms with Crippen molar-refractivity contribution in [3.63, 3.8) is 0 Å².